The second kappa shape index (κ2) is 7.44. The fourth-order valence-electron chi connectivity index (χ4n) is 3.71. The van der Waals surface area contributed by atoms with Gasteiger partial charge >= 0.3 is 5.69 Å². The number of hydrogen-bond acceptors (Lipinski definition) is 3. The summed E-state index contributed by atoms with van der Waals surface area (Å²) in [6.07, 6.45) is 2.33. The van der Waals surface area contributed by atoms with Crippen molar-refractivity contribution in [3.05, 3.63) is 34.7 Å². The molecule has 0 saturated carbocycles. The van der Waals surface area contributed by atoms with Crippen molar-refractivity contribution in [3.63, 3.8) is 0 Å². The first-order valence-corrected chi connectivity index (χ1v) is 9.12. The Morgan fingerprint density at radius 2 is 2.00 bits per heavy atom. The Kier molecular flexibility index (Phi) is 5.27. The average Bonchev–Trinajstić information content (AvgIpc) is 2.85. The van der Waals surface area contributed by atoms with Gasteiger partial charge in [-0.05, 0) is 51.3 Å². The van der Waals surface area contributed by atoms with E-state index in [4.69, 9.17) is 0 Å². The van der Waals surface area contributed by atoms with Crippen molar-refractivity contribution in [2.24, 2.45) is 13.0 Å². The first kappa shape index (κ1) is 17.7. The van der Waals surface area contributed by atoms with E-state index in [0.29, 0.717) is 18.5 Å². The van der Waals surface area contributed by atoms with Crippen LogP contribution in [0.25, 0.3) is 11.0 Å². The molecule has 1 amide bonds. The lowest BCUT2D eigenvalue weighted by molar-refractivity contribution is -0.121. The van der Waals surface area contributed by atoms with Gasteiger partial charge in [-0.3, -0.25) is 13.9 Å². The molecule has 6 heteroatoms. The van der Waals surface area contributed by atoms with Crippen LogP contribution in [0.5, 0.6) is 0 Å². The highest BCUT2D eigenvalue weighted by molar-refractivity contribution is 5.80. The van der Waals surface area contributed by atoms with Crippen LogP contribution in [0, 0.1) is 5.92 Å². The van der Waals surface area contributed by atoms with Crippen LogP contribution in [0.4, 0.5) is 0 Å². The molecule has 6 nitrogen and oxygen atoms in total. The molecule has 1 aliphatic heterocycles. The summed E-state index contributed by atoms with van der Waals surface area (Å²) in [4.78, 5) is 27.2. The van der Waals surface area contributed by atoms with E-state index >= 15 is 0 Å². The van der Waals surface area contributed by atoms with Gasteiger partial charge in [0.05, 0.1) is 11.0 Å². The van der Waals surface area contributed by atoms with E-state index in [9.17, 15) is 9.59 Å². The third-order valence-electron chi connectivity index (χ3n) is 5.22. The van der Waals surface area contributed by atoms with E-state index in [2.05, 4.69) is 24.1 Å². The summed E-state index contributed by atoms with van der Waals surface area (Å²) in [5.74, 6) is 0.393. The normalized spacial score (nSPS) is 18.8. The van der Waals surface area contributed by atoms with E-state index in [1.54, 1.807) is 16.2 Å². The lowest BCUT2D eigenvalue weighted by Gasteiger charge is -2.35. The van der Waals surface area contributed by atoms with Gasteiger partial charge in [0, 0.05) is 26.2 Å². The molecule has 1 aliphatic rings. The molecule has 3 rings (SSSR count). The smallest absolute Gasteiger partial charge is 0.329 e. The van der Waals surface area contributed by atoms with Gasteiger partial charge in [-0.1, -0.05) is 12.1 Å². The van der Waals surface area contributed by atoms with Crippen LogP contribution in [0.15, 0.2) is 29.1 Å². The highest BCUT2D eigenvalue weighted by atomic mass is 16.2. The summed E-state index contributed by atoms with van der Waals surface area (Å²) >= 11 is 0. The van der Waals surface area contributed by atoms with Gasteiger partial charge in [0.1, 0.15) is 6.54 Å². The molecule has 1 atom stereocenters. The van der Waals surface area contributed by atoms with Crippen LogP contribution >= 0.6 is 0 Å². The number of nitrogens with one attached hydrogen (secondary N) is 1. The maximum atomic E-state index is 12.4. The minimum absolute atomic E-state index is 0.0702. The average molecular weight is 344 g/mol. The molecule has 25 heavy (non-hydrogen) atoms. The molecule has 0 spiro atoms. The maximum Gasteiger partial charge on any atom is 0.329 e. The molecule has 2 heterocycles. The summed E-state index contributed by atoms with van der Waals surface area (Å²) in [5, 5.41) is 3.03. The number of aromatic nitrogens is 2. The highest BCUT2D eigenvalue weighted by Crippen LogP contribution is 2.17. The molecular formula is C19H28N4O2. The SMILES string of the molecule is CC(C)N1CCCC(CNC(=O)Cn2c(=O)n(C)c3ccccc32)C1. The van der Waals surface area contributed by atoms with Gasteiger partial charge in [-0.2, -0.15) is 0 Å². The molecule has 1 N–H and O–H groups in total. The minimum atomic E-state index is -0.153. The van der Waals surface area contributed by atoms with Crippen molar-refractivity contribution < 1.29 is 4.79 Å². The minimum Gasteiger partial charge on any atom is -0.354 e. The number of rotatable bonds is 5. The molecule has 1 unspecified atom stereocenters. The van der Waals surface area contributed by atoms with E-state index in [1.807, 2.05) is 24.3 Å². The zero-order chi connectivity index (χ0) is 18.0. The van der Waals surface area contributed by atoms with Crippen molar-refractivity contribution in [1.82, 2.24) is 19.4 Å². The van der Waals surface area contributed by atoms with Crippen LogP contribution in [0.3, 0.4) is 0 Å². The second-order valence-electron chi connectivity index (χ2n) is 7.32. The topological polar surface area (TPSA) is 59.3 Å². The van der Waals surface area contributed by atoms with Gasteiger partial charge in [-0.25, -0.2) is 4.79 Å². The summed E-state index contributed by atoms with van der Waals surface area (Å²) in [6.45, 7) is 7.36. The van der Waals surface area contributed by atoms with Gasteiger partial charge in [-0.15, -0.1) is 0 Å². The summed E-state index contributed by atoms with van der Waals surface area (Å²) < 4.78 is 3.14. The van der Waals surface area contributed by atoms with Crippen molar-refractivity contribution in [2.45, 2.75) is 39.3 Å². The number of nitrogens with zero attached hydrogens (tertiary/aromatic N) is 3. The van der Waals surface area contributed by atoms with E-state index in [0.717, 1.165) is 30.5 Å². The Balaban J connectivity index is 1.62. The van der Waals surface area contributed by atoms with Gasteiger partial charge in [0.2, 0.25) is 5.91 Å². The number of carbonyl (C=O) groups excluding carboxylic acids is 1. The van der Waals surface area contributed by atoms with Crippen LogP contribution < -0.4 is 11.0 Å². The molecule has 136 valence electrons. The van der Waals surface area contributed by atoms with E-state index in [1.165, 1.54) is 6.42 Å². The van der Waals surface area contributed by atoms with Crippen LogP contribution in [-0.4, -0.2) is 45.6 Å². The number of para-hydroxylation sites is 2. The molecule has 0 radical (unpaired) electrons. The van der Waals surface area contributed by atoms with Crippen molar-refractivity contribution in [2.75, 3.05) is 19.6 Å². The van der Waals surface area contributed by atoms with Gasteiger partial charge in [0.15, 0.2) is 0 Å². The third kappa shape index (κ3) is 3.79. The van der Waals surface area contributed by atoms with Gasteiger partial charge < -0.3 is 10.2 Å². The second-order valence-corrected chi connectivity index (χ2v) is 7.32. The van der Waals surface area contributed by atoms with E-state index in [-0.39, 0.29) is 18.1 Å². The van der Waals surface area contributed by atoms with Crippen LogP contribution in [0.2, 0.25) is 0 Å². The first-order chi connectivity index (χ1) is 12.0. The maximum absolute atomic E-state index is 12.4. The Labute approximate surface area is 148 Å². The zero-order valence-electron chi connectivity index (χ0n) is 15.4. The summed E-state index contributed by atoms with van der Waals surface area (Å²) in [5.41, 5.74) is 1.49. The summed E-state index contributed by atoms with van der Waals surface area (Å²) in [7, 11) is 1.74. The largest absolute Gasteiger partial charge is 0.354 e. The van der Waals surface area contributed by atoms with Gasteiger partial charge in [0.25, 0.3) is 0 Å². The number of imidazole rings is 1. The lowest BCUT2D eigenvalue weighted by atomic mass is 9.97. The molecule has 1 fully saturated rings. The number of aryl methyl sites for hydroxylation is 1. The zero-order valence-corrected chi connectivity index (χ0v) is 15.4. The number of likely N-dealkylation sites (tertiary alicyclic amines) is 1. The quantitative estimate of drug-likeness (QED) is 0.896. The number of piperidine rings is 1. The number of fused-ring (bicyclic) bond motifs is 1. The fraction of sp³-hybridized carbons (Fsp3) is 0.579. The predicted octanol–water partition coefficient (Wildman–Crippen LogP) is 1.58. The fourth-order valence-corrected chi connectivity index (χ4v) is 3.71. The number of carbonyl (C=O) groups is 1. The molecular weight excluding hydrogens is 316 g/mol. The lowest BCUT2D eigenvalue weighted by Crippen LogP contribution is -2.44. The van der Waals surface area contributed by atoms with Crippen molar-refractivity contribution in [1.29, 1.82) is 0 Å². The predicted molar refractivity (Wildman–Crippen MR) is 99.6 cm³/mol. The molecule has 1 saturated heterocycles. The molecule has 0 aliphatic carbocycles. The number of amides is 1. The van der Waals surface area contributed by atoms with Crippen molar-refractivity contribution in [3.8, 4) is 0 Å². The third-order valence-corrected chi connectivity index (χ3v) is 5.22. The molecule has 0 bridgehead atoms. The summed E-state index contributed by atoms with van der Waals surface area (Å²) in [6, 6.07) is 8.11. The van der Waals surface area contributed by atoms with Crippen molar-refractivity contribution >= 4 is 16.9 Å². The highest BCUT2D eigenvalue weighted by Gasteiger charge is 2.22. The number of benzene rings is 1. The number of hydrogen-bond donors (Lipinski definition) is 1. The first-order valence-electron chi connectivity index (χ1n) is 9.12. The Morgan fingerprint density at radius 1 is 1.28 bits per heavy atom. The monoisotopic (exact) mass is 344 g/mol. The Hall–Kier alpha value is -2.08. The van der Waals surface area contributed by atoms with Crippen LogP contribution in [0.1, 0.15) is 26.7 Å². The van der Waals surface area contributed by atoms with E-state index < -0.39 is 0 Å². The Morgan fingerprint density at radius 3 is 2.72 bits per heavy atom. The standard InChI is InChI=1S/C19H28N4O2/c1-14(2)22-10-6-7-15(12-22)11-20-18(24)13-23-17-9-5-4-8-16(17)21(3)19(23)25/h4-5,8-9,14-15H,6-7,10-13H2,1-3H3,(H,20,24). The molecule has 1 aromatic carbocycles. The molecule has 1 aromatic heterocycles. The van der Waals surface area contributed by atoms with Crippen LogP contribution in [-0.2, 0) is 18.4 Å². The Bertz CT molecular complexity index is 805. The molecule has 2 aromatic rings.